The van der Waals surface area contributed by atoms with Crippen LogP contribution in [0, 0.1) is 0 Å². The number of thiophene rings is 1. The zero-order valence-corrected chi connectivity index (χ0v) is 13.6. The third-order valence-electron chi connectivity index (χ3n) is 3.70. The van der Waals surface area contributed by atoms with Crippen LogP contribution >= 0.6 is 27.3 Å². The number of rotatable bonds is 3. The summed E-state index contributed by atoms with van der Waals surface area (Å²) < 4.78 is 1.19. The predicted molar refractivity (Wildman–Crippen MR) is 88.0 cm³/mol. The van der Waals surface area contributed by atoms with Crippen LogP contribution in [-0.4, -0.2) is 53.8 Å². The summed E-state index contributed by atoms with van der Waals surface area (Å²) in [6.45, 7) is 4.68. The van der Waals surface area contributed by atoms with Gasteiger partial charge in [-0.1, -0.05) is 34.1 Å². The summed E-state index contributed by atoms with van der Waals surface area (Å²) in [7, 11) is 0. The Morgan fingerprint density at radius 3 is 2.65 bits per heavy atom. The molecule has 1 aromatic carbocycles. The molecule has 1 aromatic heterocycles. The van der Waals surface area contributed by atoms with Gasteiger partial charge in [-0.15, -0.1) is 11.3 Å². The number of halogens is 1. The molecule has 0 spiro atoms. The molecule has 20 heavy (non-hydrogen) atoms. The fourth-order valence-corrected chi connectivity index (χ4v) is 4.07. The van der Waals surface area contributed by atoms with E-state index in [4.69, 9.17) is 0 Å². The Morgan fingerprint density at radius 2 is 1.95 bits per heavy atom. The summed E-state index contributed by atoms with van der Waals surface area (Å²) in [6.07, 6.45) is 0. The van der Waals surface area contributed by atoms with E-state index in [0.29, 0.717) is 0 Å². The van der Waals surface area contributed by atoms with E-state index in [1.54, 1.807) is 11.3 Å². The van der Waals surface area contributed by atoms with Crippen molar-refractivity contribution < 1.29 is 4.79 Å². The van der Waals surface area contributed by atoms with Crippen molar-refractivity contribution >= 4 is 43.3 Å². The van der Waals surface area contributed by atoms with E-state index in [-0.39, 0.29) is 5.91 Å². The number of carbonyl (C=O) groups is 1. The van der Waals surface area contributed by atoms with Gasteiger partial charge in [0.2, 0.25) is 0 Å². The van der Waals surface area contributed by atoms with Gasteiger partial charge in [0.05, 0.1) is 4.88 Å². The van der Waals surface area contributed by atoms with E-state index in [2.05, 4.69) is 33.0 Å². The molecule has 106 valence electrons. The van der Waals surface area contributed by atoms with Crippen molar-refractivity contribution in [2.24, 2.45) is 0 Å². The second kappa shape index (κ2) is 6.24. The normalized spacial score (nSPS) is 16.8. The van der Waals surface area contributed by atoms with Crippen LogP contribution in [0.1, 0.15) is 9.67 Å². The Labute approximate surface area is 131 Å². The first-order valence-corrected chi connectivity index (χ1v) is 8.78. The Bertz CT molecular complexity index is 572. The molecule has 3 rings (SSSR count). The number of hydrogen-bond acceptors (Lipinski definition) is 3. The summed E-state index contributed by atoms with van der Waals surface area (Å²) in [5.74, 6) is 0.185. The highest BCUT2D eigenvalue weighted by Crippen LogP contribution is 2.26. The SMILES string of the molecule is O=C(c1cc2ccccc2s1)N1CCN(CCBr)CC1. The monoisotopic (exact) mass is 352 g/mol. The number of carbonyl (C=O) groups excluding carboxylic acids is 1. The van der Waals surface area contributed by atoms with Gasteiger partial charge in [-0.2, -0.15) is 0 Å². The van der Waals surface area contributed by atoms with Gasteiger partial charge < -0.3 is 4.90 Å². The molecule has 0 atom stereocenters. The van der Waals surface area contributed by atoms with E-state index in [1.165, 1.54) is 10.1 Å². The molecule has 1 saturated heterocycles. The molecule has 1 amide bonds. The minimum atomic E-state index is 0.185. The number of hydrogen-bond donors (Lipinski definition) is 0. The van der Waals surface area contributed by atoms with E-state index in [1.807, 2.05) is 23.1 Å². The molecule has 5 heteroatoms. The largest absolute Gasteiger partial charge is 0.335 e. The van der Waals surface area contributed by atoms with Gasteiger partial charge in [-0.25, -0.2) is 0 Å². The molecule has 0 saturated carbocycles. The van der Waals surface area contributed by atoms with Crippen molar-refractivity contribution in [2.75, 3.05) is 38.1 Å². The number of piperazine rings is 1. The number of benzene rings is 1. The topological polar surface area (TPSA) is 23.6 Å². The lowest BCUT2D eigenvalue weighted by Gasteiger charge is -2.34. The predicted octanol–water partition coefficient (Wildman–Crippen LogP) is 3.05. The van der Waals surface area contributed by atoms with Gasteiger partial charge in [0.1, 0.15) is 0 Å². The van der Waals surface area contributed by atoms with E-state index in [9.17, 15) is 4.79 Å². The average molecular weight is 353 g/mol. The zero-order valence-electron chi connectivity index (χ0n) is 11.2. The molecular weight excluding hydrogens is 336 g/mol. The van der Waals surface area contributed by atoms with Gasteiger partial charge in [0, 0.05) is 42.8 Å². The maximum absolute atomic E-state index is 12.5. The van der Waals surface area contributed by atoms with Crippen molar-refractivity contribution in [1.82, 2.24) is 9.80 Å². The number of amides is 1. The molecule has 1 aliphatic rings. The quantitative estimate of drug-likeness (QED) is 0.792. The standard InChI is InChI=1S/C15H17BrN2OS/c16-5-6-17-7-9-18(10-8-17)15(19)14-11-12-3-1-2-4-13(12)20-14/h1-4,11H,5-10H2. The summed E-state index contributed by atoms with van der Waals surface area (Å²) in [4.78, 5) is 17.8. The molecule has 0 bridgehead atoms. The average Bonchev–Trinajstić information content (AvgIpc) is 2.91. The lowest BCUT2D eigenvalue weighted by atomic mass is 10.2. The summed E-state index contributed by atoms with van der Waals surface area (Å²) >= 11 is 5.06. The molecule has 0 unspecified atom stereocenters. The summed E-state index contributed by atoms with van der Waals surface area (Å²) in [5.41, 5.74) is 0. The maximum Gasteiger partial charge on any atom is 0.264 e. The van der Waals surface area contributed by atoms with Crippen molar-refractivity contribution in [3.63, 3.8) is 0 Å². The van der Waals surface area contributed by atoms with Gasteiger partial charge in [-0.05, 0) is 17.5 Å². The second-order valence-corrected chi connectivity index (χ2v) is 6.85. The number of nitrogens with zero attached hydrogens (tertiary/aromatic N) is 2. The molecule has 0 radical (unpaired) electrons. The molecule has 1 fully saturated rings. The van der Waals surface area contributed by atoms with Crippen LogP contribution in [0.2, 0.25) is 0 Å². The van der Waals surface area contributed by atoms with Crippen LogP contribution in [0.5, 0.6) is 0 Å². The molecular formula is C15H17BrN2OS. The van der Waals surface area contributed by atoms with E-state index >= 15 is 0 Å². The molecule has 0 aliphatic carbocycles. The molecule has 1 aliphatic heterocycles. The van der Waals surface area contributed by atoms with Gasteiger partial charge in [-0.3, -0.25) is 9.69 Å². The van der Waals surface area contributed by atoms with E-state index in [0.717, 1.165) is 42.9 Å². The second-order valence-electron chi connectivity index (χ2n) is 4.97. The van der Waals surface area contributed by atoms with Crippen LogP contribution < -0.4 is 0 Å². The Balaban J connectivity index is 1.70. The minimum Gasteiger partial charge on any atom is -0.335 e. The third kappa shape index (κ3) is 2.90. The zero-order chi connectivity index (χ0) is 13.9. The molecule has 0 N–H and O–H groups in total. The number of fused-ring (bicyclic) bond motifs is 1. The van der Waals surface area contributed by atoms with Crippen molar-refractivity contribution in [3.05, 3.63) is 35.2 Å². The van der Waals surface area contributed by atoms with Crippen LogP contribution in [0.15, 0.2) is 30.3 Å². The minimum absolute atomic E-state index is 0.185. The lowest BCUT2D eigenvalue weighted by molar-refractivity contribution is 0.0650. The fraction of sp³-hybridized carbons (Fsp3) is 0.400. The fourth-order valence-electron chi connectivity index (χ4n) is 2.54. The first-order valence-electron chi connectivity index (χ1n) is 6.84. The highest BCUT2D eigenvalue weighted by atomic mass is 79.9. The number of alkyl halides is 1. The third-order valence-corrected chi connectivity index (χ3v) is 5.16. The van der Waals surface area contributed by atoms with Crippen LogP contribution in [0.3, 0.4) is 0 Å². The first-order chi connectivity index (χ1) is 9.78. The molecule has 2 heterocycles. The Morgan fingerprint density at radius 1 is 1.20 bits per heavy atom. The van der Waals surface area contributed by atoms with Crippen LogP contribution in [0.4, 0.5) is 0 Å². The highest BCUT2D eigenvalue weighted by molar-refractivity contribution is 9.09. The van der Waals surface area contributed by atoms with Gasteiger partial charge in [0.25, 0.3) is 5.91 Å². The lowest BCUT2D eigenvalue weighted by Crippen LogP contribution is -2.48. The smallest absolute Gasteiger partial charge is 0.264 e. The molecule has 3 nitrogen and oxygen atoms in total. The molecule has 2 aromatic rings. The Hall–Kier alpha value is -0.910. The summed E-state index contributed by atoms with van der Waals surface area (Å²) in [6, 6.07) is 10.2. The highest BCUT2D eigenvalue weighted by Gasteiger charge is 2.22. The van der Waals surface area contributed by atoms with Gasteiger partial charge >= 0.3 is 0 Å². The van der Waals surface area contributed by atoms with Crippen LogP contribution in [0.25, 0.3) is 10.1 Å². The van der Waals surface area contributed by atoms with Crippen molar-refractivity contribution in [3.8, 4) is 0 Å². The van der Waals surface area contributed by atoms with Crippen LogP contribution in [-0.2, 0) is 0 Å². The summed E-state index contributed by atoms with van der Waals surface area (Å²) in [5, 5.41) is 2.16. The first kappa shape index (κ1) is 14.0. The van der Waals surface area contributed by atoms with Crippen molar-refractivity contribution in [2.45, 2.75) is 0 Å². The van der Waals surface area contributed by atoms with Crippen molar-refractivity contribution in [1.29, 1.82) is 0 Å². The van der Waals surface area contributed by atoms with Gasteiger partial charge in [0.15, 0.2) is 0 Å². The maximum atomic E-state index is 12.5. The Kier molecular flexibility index (Phi) is 4.38. The van der Waals surface area contributed by atoms with E-state index < -0.39 is 0 Å².